The molecule has 3 aromatic rings. The standard InChI is InChI=1S/C23H25NO5/c1-5-23(3,4)24-20(25)14-27-17-11-12-18-19(13-17)28-15(2)22(21(18)26)29-16-9-7-6-8-10-16/h6-13H,5,14H2,1-4H3,(H,24,25). The van der Waals surface area contributed by atoms with Crippen LogP contribution in [0.3, 0.4) is 0 Å². The largest absolute Gasteiger partial charge is 0.484 e. The van der Waals surface area contributed by atoms with E-state index in [1.807, 2.05) is 39.0 Å². The van der Waals surface area contributed by atoms with Crippen LogP contribution in [-0.2, 0) is 4.79 Å². The highest BCUT2D eigenvalue weighted by molar-refractivity contribution is 5.80. The van der Waals surface area contributed by atoms with E-state index < -0.39 is 0 Å². The van der Waals surface area contributed by atoms with Gasteiger partial charge in [0.25, 0.3) is 5.91 Å². The number of nitrogens with one attached hydrogen (secondary N) is 1. The summed E-state index contributed by atoms with van der Waals surface area (Å²) >= 11 is 0. The average Bonchev–Trinajstić information content (AvgIpc) is 2.70. The van der Waals surface area contributed by atoms with Crippen molar-refractivity contribution in [1.29, 1.82) is 0 Å². The molecule has 6 heteroatoms. The molecule has 6 nitrogen and oxygen atoms in total. The van der Waals surface area contributed by atoms with Gasteiger partial charge >= 0.3 is 0 Å². The number of hydrogen-bond acceptors (Lipinski definition) is 5. The molecule has 1 amide bonds. The van der Waals surface area contributed by atoms with Gasteiger partial charge in [-0.25, -0.2) is 0 Å². The van der Waals surface area contributed by atoms with Crippen LogP contribution in [0.25, 0.3) is 11.0 Å². The second-order valence-electron chi connectivity index (χ2n) is 7.46. The Morgan fingerprint density at radius 1 is 1.10 bits per heavy atom. The van der Waals surface area contributed by atoms with Gasteiger partial charge in [0.15, 0.2) is 6.61 Å². The predicted octanol–water partition coefficient (Wildman–Crippen LogP) is 4.58. The van der Waals surface area contributed by atoms with Gasteiger partial charge in [-0.15, -0.1) is 0 Å². The van der Waals surface area contributed by atoms with Crippen LogP contribution in [-0.4, -0.2) is 18.1 Å². The summed E-state index contributed by atoms with van der Waals surface area (Å²) in [6, 6.07) is 13.9. The normalized spacial score (nSPS) is 11.3. The van der Waals surface area contributed by atoms with Gasteiger partial charge in [-0.05, 0) is 51.5 Å². The Labute approximate surface area is 169 Å². The minimum Gasteiger partial charge on any atom is -0.484 e. The van der Waals surface area contributed by atoms with Crippen molar-refractivity contribution in [2.45, 2.75) is 39.7 Å². The molecule has 0 spiro atoms. The zero-order chi connectivity index (χ0) is 21.0. The van der Waals surface area contributed by atoms with Crippen LogP contribution in [0.4, 0.5) is 0 Å². The molecule has 0 radical (unpaired) electrons. The Hall–Kier alpha value is -3.28. The summed E-state index contributed by atoms with van der Waals surface area (Å²) in [7, 11) is 0. The zero-order valence-electron chi connectivity index (χ0n) is 17.1. The molecule has 0 saturated carbocycles. The fraction of sp³-hybridized carbons (Fsp3) is 0.304. The van der Waals surface area contributed by atoms with Gasteiger partial charge in [0.05, 0.1) is 5.39 Å². The third kappa shape index (κ3) is 4.96. The average molecular weight is 395 g/mol. The number of benzene rings is 2. The Morgan fingerprint density at radius 3 is 2.52 bits per heavy atom. The van der Waals surface area contributed by atoms with Crippen LogP contribution in [0.1, 0.15) is 33.0 Å². The van der Waals surface area contributed by atoms with E-state index >= 15 is 0 Å². The minimum absolute atomic E-state index is 0.118. The number of carbonyl (C=O) groups is 1. The molecule has 1 heterocycles. The summed E-state index contributed by atoms with van der Waals surface area (Å²) in [4.78, 5) is 24.9. The zero-order valence-corrected chi connectivity index (χ0v) is 17.1. The van der Waals surface area contributed by atoms with Gasteiger partial charge in [0.2, 0.25) is 11.2 Å². The molecule has 0 unspecified atom stereocenters. The van der Waals surface area contributed by atoms with E-state index in [4.69, 9.17) is 13.9 Å². The van der Waals surface area contributed by atoms with Crippen LogP contribution < -0.4 is 20.2 Å². The molecule has 3 rings (SSSR count). The molecule has 0 aliphatic rings. The molecule has 29 heavy (non-hydrogen) atoms. The molecule has 2 aromatic carbocycles. The number of carbonyl (C=O) groups excluding carboxylic acids is 1. The molecule has 0 fully saturated rings. The first-order valence-corrected chi connectivity index (χ1v) is 9.53. The van der Waals surface area contributed by atoms with E-state index in [9.17, 15) is 9.59 Å². The van der Waals surface area contributed by atoms with Crippen molar-refractivity contribution in [3.63, 3.8) is 0 Å². The first-order valence-electron chi connectivity index (χ1n) is 9.53. The Kier molecular flexibility index (Phi) is 5.92. The smallest absolute Gasteiger partial charge is 0.258 e. The fourth-order valence-electron chi connectivity index (χ4n) is 2.73. The highest BCUT2D eigenvalue weighted by Crippen LogP contribution is 2.27. The van der Waals surface area contributed by atoms with Crippen LogP contribution in [0.5, 0.6) is 17.2 Å². The van der Waals surface area contributed by atoms with Gasteiger partial charge in [-0.1, -0.05) is 25.1 Å². The van der Waals surface area contributed by atoms with Crippen molar-refractivity contribution < 1.29 is 18.7 Å². The van der Waals surface area contributed by atoms with Crippen LogP contribution in [0, 0.1) is 6.92 Å². The lowest BCUT2D eigenvalue weighted by Crippen LogP contribution is -2.44. The molecule has 0 bridgehead atoms. The molecule has 1 N–H and O–H groups in total. The van der Waals surface area contributed by atoms with Crippen LogP contribution >= 0.6 is 0 Å². The topological polar surface area (TPSA) is 77.8 Å². The number of fused-ring (bicyclic) bond motifs is 1. The third-order valence-corrected chi connectivity index (χ3v) is 4.68. The lowest BCUT2D eigenvalue weighted by molar-refractivity contribution is -0.124. The van der Waals surface area contributed by atoms with Crippen molar-refractivity contribution in [2.75, 3.05) is 6.61 Å². The van der Waals surface area contributed by atoms with Crippen molar-refractivity contribution in [1.82, 2.24) is 5.32 Å². The van der Waals surface area contributed by atoms with Crippen LogP contribution in [0.2, 0.25) is 0 Å². The Morgan fingerprint density at radius 2 is 1.83 bits per heavy atom. The van der Waals surface area contributed by atoms with Crippen molar-refractivity contribution in [3.05, 3.63) is 64.5 Å². The summed E-state index contributed by atoms with van der Waals surface area (Å²) in [6.45, 7) is 7.46. The number of amides is 1. The second-order valence-corrected chi connectivity index (χ2v) is 7.46. The molecule has 152 valence electrons. The summed E-state index contributed by atoms with van der Waals surface area (Å²) in [5.74, 6) is 1.31. The van der Waals surface area contributed by atoms with E-state index in [2.05, 4.69) is 5.32 Å². The fourth-order valence-corrected chi connectivity index (χ4v) is 2.73. The Balaban J connectivity index is 1.79. The molecular weight excluding hydrogens is 370 g/mol. The molecule has 0 saturated heterocycles. The number of ether oxygens (including phenoxy) is 2. The third-order valence-electron chi connectivity index (χ3n) is 4.68. The van der Waals surface area contributed by atoms with Gasteiger partial charge in [-0.2, -0.15) is 0 Å². The summed E-state index contributed by atoms with van der Waals surface area (Å²) in [5.41, 5.74) is -0.176. The highest BCUT2D eigenvalue weighted by atomic mass is 16.5. The Bertz CT molecular complexity index is 1070. The summed E-state index contributed by atoms with van der Waals surface area (Å²) < 4.78 is 17.1. The van der Waals surface area contributed by atoms with Gasteiger partial charge in [0.1, 0.15) is 22.8 Å². The van der Waals surface area contributed by atoms with Crippen molar-refractivity contribution >= 4 is 16.9 Å². The van der Waals surface area contributed by atoms with Crippen LogP contribution in [0.15, 0.2) is 57.7 Å². The number of rotatable bonds is 7. The predicted molar refractivity (Wildman–Crippen MR) is 112 cm³/mol. The van der Waals surface area contributed by atoms with E-state index in [-0.39, 0.29) is 29.2 Å². The molecule has 0 aliphatic carbocycles. The summed E-state index contributed by atoms with van der Waals surface area (Å²) in [6.07, 6.45) is 0.812. The maximum atomic E-state index is 12.8. The summed E-state index contributed by atoms with van der Waals surface area (Å²) in [5, 5.41) is 3.29. The first-order chi connectivity index (χ1) is 13.8. The maximum Gasteiger partial charge on any atom is 0.258 e. The first kappa shape index (κ1) is 20.5. The molecule has 0 aliphatic heterocycles. The highest BCUT2D eigenvalue weighted by Gasteiger charge is 2.18. The number of para-hydroxylation sites is 1. The van der Waals surface area contributed by atoms with Gasteiger partial charge in [-0.3, -0.25) is 9.59 Å². The number of hydrogen-bond donors (Lipinski definition) is 1. The maximum absolute atomic E-state index is 12.8. The lowest BCUT2D eigenvalue weighted by atomic mass is 10.0. The monoisotopic (exact) mass is 395 g/mol. The van der Waals surface area contributed by atoms with Gasteiger partial charge in [0, 0.05) is 11.6 Å². The van der Waals surface area contributed by atoms with Crippen molar-refractivity contribution in [2.24, 2.45) is 0 Å². The minimum atomic E-state index is -0.289. The molecular formula is C23H25NO5. The molecule has 0 atom stereocenters. The van der Waals surface area contributed by atoms with E-state index in [0.717, 1.165) is 6.42 Å². The SMILES string of the molecule is CCC(C)(C)NC(=O)COc1ccc2c(=O)c(Oc3ccccc3)c(C)oc2c1. The quantitative estimate of drug-likeness (QED) is 0.634. The van der Waals surface area contributed by atoms with E-state index in [0.29, 0.717) is 28.2 Å². The second kappa shape index (κ2) is 8.39. The van der Waals surface area contributed by atoms with E-state index in [1.165, 1.54) is 0 Å². The number of aryl methyl sites for hydroxylation is 1. The molecule has 1 aromatic heterocycles. The van der Waals surface area contributed by atoms with Gasteiger partial charge < -0.3 is 19.2 Å². The van der Waals surface area contributed by atoms with Crippen molar-refractivity contribution in [3.8, 4) is 17.2 Å². The van der Waals surface area contributed by atoms with E-state index in [1.54, 1.807) is 37.3 Å². The lowest BCUT2D eigenvalue weighted by Gasteiger charge is -2.24.